The number of rotatable bonds is 5. The standard InChI is InChI=1S/C28H33FN6O2/c1-8-17-11-16(2)21(29)13-20(17)18-9-10-19-23(12-18)34(5)31-26(19)27-30-22-14-24(28(36)35(6)37-7)32(3)15-25(22)33(27)4/h9-13,24H,8,14-15H2,1-7H3. The number of hydroxylamine groups is 2. The van der Waals surface area contributed by atoms with Crippen molar-refractivity contribution in [1.82, 2.24) is 29.3 Å². The smallest absolute Gasteiger partial charge is 0.263 e. The minimum absolute atomic E-state index is 0.0994. The second-order valence-corrected chi connectivity index (χ2v) is 9.86. The zero-order chi connectivity index (χ0) is 26.6. The molecule has 8 nitrogen and oxygen atoms in total. The van der Waals surface area contributed by atoms with Crippen molar-refractivity contribution in [2.45, 2.75) is 39.3 Å². The molecule has 194 valence electrons. The Bertz CT molecular complexity index is 1520. The highest BCUT2D eigenvalue weighted by Crippen LogP contribution is 2.35. The van der Waals surface area contributed by atoms with E-state index in [-0.39, 0.29) is 17.8 Å². The third-order valence-electron chi connectivity index (χ3n) is 7.62. The van der Waals surface area contributed by atoms with E-state index in [1.807, 2.05) is 48.9 Å². The van der Waals surface area contributed by atoms with Gasteiger partial charge in [-0.15, -0.1) is 0 Å². The molecule has 1 aliphatic rings. The molecule has 0 radical (unpaired) electrons. The Morgan fingerprint density at radius 1 is 1.22 bits per heavy atom. The first-order chi connectivity index (χ1) is 17.6. The first-order valence-electron chi connectivity index (χ1n) is 12.5. The van der Waals surface area contributed by atoms with Gasteiger partial charge in [-0.1, -0.05) is 19.1 Å². The number of benzene rings is 2. The maximum absolute atomic E-state index is 14.5. The van der Waals surface area contributed by atoms with E-state index in [9.17, 15) is 9.18 Å². The van der Waals surface area contributed by atoms with Crippen LogP contribution in [-0.4, -0.2) is 62.4 Å². The van der Waals surface area contributed by atoms with Gasteiger partial charge >= 0.3 is 0 Å². The molecule has 0 aliphatic carbocycles. The van der Waals surface area contributed by atoms with E-state index >= 15 is 0 Å². The third kappa shape index (κ3) is 4.12. The van der Waals surface area contributed by atoms with E-state index in [1.165, 1.54) is 12.2 Å². The lowest BCUT2D eigenvalue weighted by Gasteiger charge is -2.33. The molecule has 0 saturated heterocycles. The second-order valence-electron chi connectivity index (χ2n) is 9.86. The van der Waals surface area contributed by atoms with Gasteiger partial charge in [0.15, 0.2) is 5.82 Å². The molecule has 2 aromatic carbocycles. The SMILES string of the molecule is CCc1cc(C)c(F)cc1-c1ccc2c(-c3nc4c(n3C)CN(C)C(C(=O)N(C)OC)C4)nn(C)c2c1. The number of fused-ring (bicyclic) bond motifs is 2. The number of aryl methyl sites for hydroxylation is 3. The van der Waals surface area contributed by atoms with Gasteiger partial charge in [0.1, 0.15) is 11.5 Å². The number of imidazole rings is 1. The Morgan fingerprint density at radius 2 is 1.97 bits per heavy atom. The van der Waals surface area contributed by atoms with Crippen molar-refractivity contribution >= 4 is 16.8 Å². The summed E-state index contributed by atoms with van der Waals surface area (Å²) in [5.41, 5.74) is 7.34. The van der Waals surface area contributed by atoms with Crippen LogP contribution in [-0.2, 0) is 43.1 Å². The molecule has 0 spiro atoms. The summed E-state index contributed by atoms with van der Waals surface area (Å²) in [4.78, 5) is 24.9. The van der Waals surface area contributed by atoms with Crippen molar-refractivity contribution in [3.05, 3.63) is 58.7 Å². The van der Waals surface area contributed by atoms with Crippen molar-refractivity contribution < 1.29 is 14.0 Å². The van der Waals surface area contributed by atoms with Crippen LogP contribution in [0.2, 0.25) is 0 Å². The Balaban J connectivity index is 1.56. The van der Waals surface area contributed by atoms with Crippen LogP contribution in [0.15, 0.2) is 30.3 Å². The van der Waals surface area contributed by atoms with E-state index in [0.29, 0.717) is 18.5 Å². The molecule has 1 amide bonds. The Morgan fingerprint density at radius 3 is 2.68 bits per heavy atom. The highest BCUT2D eigenvalue weighted by molar-refractivity contribution is 5.95. The molecule has 1 unspecified atom stereocenters. The molecule has 0 fully saturated rings. The lowest BCUT2D eigenvalue weighted by atomic mass is 9.95. The summed E-state index contributed by atoms with van der Waals surface area (Å²) in [5.74, 6) is 0.466. The summed E-state index contributed by atoms with van der Waals surface area (Å²) >= 11 is 0. The van der Waals surface area contributed by atoms with Gasteiger partial charge < -0.3 is 4.57 Å². The van der Waals surface area contributed by atoms with Crippen molar-refractivity contribution in [3.63, 3.8) is 0 Å². The van der Waals surface area contributed by atoms with Gasteiger partial charge in [0.05, 0.1) is 30.1 Å². The van der Waals surface area contributed by atoms with E-state index < -0.39 is 0 Å². The van der Waals surface area contributed by atoms with Crippen molar-refractivity contribution in [2.75, 3.05) is 21.2 Å². The molecule has 9 heteroatoms. The van der Waals surface area contributed by atoms with Gasteiger partial charge in [-0.25, -0.2) is 14.4 Å². The molecule has 0 saturated carbocycles. The Kier molecular flexibility index (Phi) is 6.37. The summed E-state index contributed by atoms with van der Waals surface area (Å²) in [6.45, 7) is 4.48. The zero-order valence-corrected chi connectivity index (χ0v) is 22.5. The fourth-order valence-electron chi connectivity index (χ4n) is 5.32. The number of nitrogens with zero attached hydrogens (tertiary/aromatic N) is 6. The molecule has 4 aromatic rings. The van der Waals surface area contributed by atoms with Gasteiger partial charge in [-0.3, -0.25) is 19.2 Å². The number of aromatic nitrogens is 4. The average molecular weight is 505 g/mol. The lowest BCUT2D eigenvalue weighted by molar-refractivity contribution is -0.174. The monoisotopic (exact) mass is 504 g/mol. The number of halogens is 1. The molecule has 5 rings (SSSR count). The van der Waals surface area contributed by atoms with Crippen LogP contribution in [0, 0.1) is 12.7 Å². The second kappa shape index (κ2) is 9.39. The zero-order valence-electron chi connectivity index (χ0n) is 22.5. The summed E-state index contributed by atoms with van der Waals surface area (Å²) in [5, 5.41) is 7.08. The van der Waals surface area contributed by atoms with Crippen LogP contribution in [0.5, 0.6) is 0 Å². The summed E-state index contributed by atoms with van der Waals surface area (Å²) < 4.78 is 18.4. The summed E-state index contributed by atoms with van der Waals surface area (Å²) in [6, 6.07) is 9.37. The molecule has 0 bridgehead atoms. The molecular formula is C28H33FN6O2. The maximum atomic E-state index is 14.5. The minimum Gasteiger partial charge on any atom is -0.328 e. The average Bonchev–Trinajstić information content (AvgIpc) is 3.39. The largest absolute Gasteiger partial charge is 0.328 e. The molecular weight excluding hydrogens is 471 g/mol. The molecule has 37 heavy (non-hydrogen) atoms. The maximum Gasteiger partial charge on any atom is 0.263 e. The van der Waals surface area contributed by atoms with Gasteiger partial charge in [0, 0.05) is 39.5 Å². The third-order valence-corrected chi connectivity index (χ3v) is 7.62. The van der Waals surface area contributed by atoms with Crippen molar-refractivity contribution in [2.24, 2.45) is 14.1 Å². The highest BCUT2D eigenvalue weighted by atomic mass is 19.1. The molecule has 2 aromatic heterocycles. The van der Waals surface area contributed by atoms with E-state index in [2.05, 4.69) is 17.6 Å². The fourth-order valence-corrected chi connectivity index (χ4v) is 5.32. The van der Waals surface area contributed by atoms with Gasteiger partial charge in [-0.2, -0.15) is 5.10 Å². The van der Waals surface area contributed by atoms with Crippen LogP contribution in [0.4, 0.5) is 4.39 Å². The van der Waals surface area contributed by atoms with Gasteiger partial charge in [0.25, 0.3) is 5.91 Å². The molecule has 1 aliphatic heterocycles. The fraction of sp³-hybridized carbons (Fsp3) is 0.393. The first-order valence-corrected chi connectivity index (χ1v) is 12.5. The quantitative estimate of drug-likeness (QED) is 0.384. The highest BCUT2D eigenvalue weighted by Gasteiger charge is 2.35. The number of hydrogen-bond acceptors (Lipinski definition) is 5. The van der Waals surface area contributed by atoms with Crippen molar-refractivity contribution in [3.8, 4) is 22.6 Å². The van der Waals surface area contributed by atoms with Crippen LogP contribution >= 0.6 is 0 Å². The Hall–Kier alpha value is -3.56. The minimum atomic E-state index is -0.342. The molecule has 3 heterocycles. The van der Waals surface area contributed by atoms with Crippen LogP contribution in [0.1, 0.15) is 29.4 Å². The predicted octanol–water partition coefficient (Wildman–Crippen LogP) is 4.03. The van der Waals surface area contributed by atoms with Gasteiger partial charge in [-0.05, 0) is 60.8 Å². The first kappa shape index (κ1) is 25.1. The Labute approximate surface area is 216 Å². The number of hydrogen-bond donors (Lipinski definition) is 0. The lowest BCUT2D eigenvalue weighted by Crippen LogP contribution is -2.49. The molecule has 0 N–H and O–H groups in total. The number of carbonyl (C=O) groups excluding carboxylic acids is 1. The summed E-state index contributed by atoms with van der Waals surface area (Å²) in [6.07, 6.45) is 1.32. The normalized spacial score (nSPS) is 15.8. The summed E-state index contributed by atoms with van der Waals surface area (Å²) in [7, 11) is 8.96. The van der Waals surface area contributed by atoms with Gasteiger partial charge in [0.2, 0.25) is 0 Å². The van der Waals surface area contributed by atoms with Crippen LogP contribution < -0.4 is 0 Å². The topological polar surface area (TPSA) is 68.4 Å². The number of amides is 1. The van der Waals surface area contributed by atoms with E-state index in [4.69, 9.17) is 14.9 Å². The number of likely N-dealkylation sites (N-methyl/N-ethyl adjacent to an activating group) is 2. The van der Waals surface area contributed by atoms with Crippen molar-refractivity contribution in [1.29, 1.82) is 0 Å². The van der Waals surface area contributed by atoms with E-state index in [1.54, 1.807) is 20.0 Å². The predicted molar refractivity (Wildman–Crippen MR) is 141 cm³/mol. The van der Waals surface area contributed by atoms with Crippen LogP contribution in [0.25, 0.3) is 33.5 Å². The van der Waals surface area contributed by atoms with E-state index in [0.717, 1.165) is 56.9 Å². The number of carbonyl (C=O) groups is 1. The molecule has 1 atom stereocenters. The van der Waals surface area contributed by atoms with Crippen LogP contribution in [0.3, 0.4) is 0 Å².